The third-order valence-corrected chi connectivity index (χ3v) is 4.05. The van der Waals surface area contributed by atoms with E-state index in [-0.39, 0.29) is 5.91 Å². The summed E-state index contributed by atoms with van der Waals surface area (Å²) in [5, 5.41) is 6.43. The summed E-state index contributed by atoms with van der Waals surface area (Å²) in [6.45, 7) is 3.19. The molecule has 0 aromatic rings. The Labute approximate surface area is 98.4 Å². The van der Waals surface area contributed by atoms with Crippen molar-refractivity contribution >= 4 is 5.91 Å². The molecule has 92 valence electrons. The predicted molar refractivity (Wildman–Crippen MR) is 65.2 cm³/mol. The Kier molecular flexibility index (Phi) is 4.64. The Morgan fingerprint density at radius 2 is 1.88 bits per heavy atom. The summed E-state index contributed by atoms with van der Waals surface area (Å²) in [4.78, 5) is 11.6. The van der Waals surface area contributed by atoms with Crippen LogP contribution in [-0.4, -0.2) is 25.5 Å². The molecule has 0 bridgehead atoms. The van der Waals surface area contributed by atoms with E-state index in [0.29, 0.717) is 0 Å². The number of nitrogens with one attached hydrogen (secondary N) is 2. The van der Waals surface area contributed by atoms with Crippen LogP contribution in [0.5, 0.6) is 0 Å². The number of carbonyl (C=O) groups is 1. The van der Waals surface area contributed by atoms with Crippen LogP contribution in [0.3, 0.4) is 0 Å². The van der Waals surface area contributed by atoms with Crippen LogP contribution >= 0.6 is 0 Å². The molecule has 1 saturated carbocycles. The molecule has 0 atom stereocenters. The minimum Gasteiger partial charge on any atom is -0.356 e. The van der Waals surface area contributed by atoms with Gasteiger partial charge in [-0.05, 0) is 57.0 Å². The number of hydrogen-bond donors (Lipinski definition) is 2. The molecule has 3 heteroatoms. The van der Waals surface area contributed by atoms with E-state index >= 15 is 0 Å². The first-order valence-corrected chi connectivity index (χ1v) is 6.82. The molecule has 1 aliphatic carbocycles. The van der Waals surface area contributed by atoms with Crippen LogP contribution in [0, 0.1) is 11.8 Å². The molecule has 1 heterocycles. The zero-order valence-electron chi connectivity index (χ0n) is 10.1. The summed E-state index contributed by atoms with van der Waals surface area (Å²) in [5.74, 6) is 1.82. The van der Waals surface area contributed by atoms with Gasteiger partial charge in [0.05, 0.1) is 0 Å². The summed E-state index contributed by atoms with van der Waals surface area (Å²) >= 11 is 0. The first kappa shape index (κ1) is 11.9. The molecule has 2 rings (SSSR count). The van der Waals surface area contributed by atoms with Gasteiger partial charge in [0.2, 0.25) is 5.91 Å². The molecule has 2 fully saturated rings. The molecule has 0 spiro atoms. The van der Waals surface area contributed by atoms with Crippen molar-refractivity contribution in [3.05, 3.63) is 0 Å². The average molecular weight is 224 g/mol. The molecule has 2 N–H and O–H groups in total. The Hall–Kier alpha value is -0.570. The largest absolute Gasteiger partial charge is 0.356 e. The Balaban J connectivity index is 1.52. The van der Waals surface area contributed by atoms with E-state index in [1.165, 1.54) is 32.1 Å². The van der Waals surface area contributed by atoms with Gasteiger partial charge in [0.15, 0.2) is 0 Å². The van der Waals surface area contributed by atoms with E-state index in [9.17, 15) is 4.79 Å². The molecule has 3 nitrogen and oxygen atoms in total. The normalized spacial score (nSPS) is 22.8. The molecule has 0 aromatic carbocycles. The van der Waals surface area contributed by atoms with Crippen molar-refractivity contribution in [2.45, 2.75) is 44.9 Å². The van der Waals surface area contributed by atoms with Crippen molar-refractivity contribution in [3.63, 3.8) is 0 Å². The molecule has 1 saturated heterocycles. The van der Waals surface area contributed by atoms with Crippen molar-refractivity contribution in [2.24, 2.45) is 11.8 Å². The van der Waals surface area contributed by atoms with Gasteiger partial charge in [-0.15, -0.1) is 0 Å². The summed E-state index contributed by atoms with van der Waals surface area (Å²) in [5.41, 5.74) is 0. The second-order valence-electron chi connectivity index (χ2n) is 5.33. The van der Waals surface area contributed by atoms with Gasteiger partial charge in [-0.25, -0.2) is 0 Å². The summed E-state index contributed by atoms with van der Waals surface area (Å²) in [6, 6.07) is 0. The molecule has 0 radical (unpaired) electrons. The topological polar surface area (TPSA) is 41.1 Å². The second-order valence-corrected chi connectivity index (χ2v) is 5.33. The van der Waals surface area contributed by atoms with E-state index in [1.807, 2.05) is 0 Å². The van der Waals surface area contributed by atoms with Crippen molar-refractivity contribution in [3.8, 4) is 0 Å². The fourth-order valence-electron chi connectivity index (χ4n) is 2.55. The van der Waals surface area contributed by atoms with Gasteiger partial charge in [0, 0.05) is 13.0 Å². The number of carbonyl (C=O) groups excluding carboxylic acids is 1. The minimum absolute atomic E-state index is 0.269. The first-order chi connectivity index (χ1) is 7.84. The zero-order chi connectivity index (χ0) is 11.2. The number of piperidine rings is 1. The Morgan fingerprint density at radius 3 is 2.50 bits per heavy atom. The lowest BCUT2D eigenvalue weighted by atomic mass is 9.85. The minimum atomic E-state index is 0.269. The van der Waals surface area contributed by atoms with E-state index < -0.39 is 0 Å². The van der Waals surface area contributed by atoms with Gasteiger partial charge in [0.25, 0.3) is 0 Å². The molecule has 1 amide bonds. The zero-order valence-corrected chi connectivity index (χ0v) is 10.1. The van der Waals surface area contributed by atoms with Gasteiger partial charge in [0.1, 0.15) is 0 Å². The van der Waals surface area contributed by atoms with Crippen LogP contribution < -0.4 is 10.6 Å². The lowest BCUT2D eigenvalue weighted by Crippen LogP contribution is -2.33. The lowest BCUT2D eigenvalue weighted by Gasteiger charge is -2.26. The molecular weight excluding hydrogens is 200 g/mol. The highest BCUT2D eigenvalue weighted by Gasteiger charge is 2.18. The van der Waals surface area contributed by atoms with Crippen molar-refractivity contribution < 1.29 is 4.79 Å². The van der Waals surface area contributed by atoms with E-state index in [1.54, 1.807) is 0 Å². The predicted octanol–water partition coefficient (Wildman–Crippen LogP) is 1.68. The van der Waals surface area contributed by atoms with Crippen molar-refractivity contribution in [2.75, 3.05) is 19.6 Å². The highest BCUT2D eigenvalue weighted by molar-refractivity contribution is 5.75. The van der Waals surface area contributed by atoms with Crippen LogP contribution in [0.1, 0.15) is 44.9 Å². The van der Waals surface area contributed by atoms with Gasteiger partial charge in [-0.3, -0.25) is 4.79 Å². The van der Waals surface area contributed by atoms with E-state index in [4.69, 9.17) is 0 Å². The molecule has 16 heavy (non-hydrogen) atoms. The molecule has 2 aliphatic rings. The van der Waals surface area contributed by atoms with Crippen molar-refractivity contribution in [1.29, 1.82) is 0 Å². The second kappa shape index (κ2) is 6.24. The van der Waals surface area contributed by atoms with Crippen LogP contribution in [0.15, 0.2) is 0 Å². The maximum atomic E-state index is 11.6. The highest BCUT2D eigenvalue weighted by Crippen LogP contribution is 2.25. The molecule has 0 unspecified atom stereocenters. The Morgan fingerprint density at radius 1 is 1.12 bits per heavy atom. The first-order valence-electron chi connectivity index (χ1n) is 6.82. The van der Waals surface area contributed by atoms with Gasteiger partial charge in [-0.2, -0.15) is 0 Å². The fraction of sp³-hybridized carbons (Fsp3) is 0.923. The summed E-state index contributed by atoms with van der Waals surface area (Å²) in [7, 11) is 0. The third-order valence-electron chi connectivity index (χ3n) is 4.05. The number of amides is 1. The fourth-order valence-corrected chi connectivity index (χ4v) is 2.55. The highest BCUT2D eigenvalue weighted by atomic mass is 16.1. The number of rotatable bonds is 5. The average Bonchev–Trinajstić information content (AvgIpc) is 2.26. The van der Waals surface area contributed by atoms with E-state index in [0.717, 1.165) is 44.3 Å². The lowest BCUT2D eigenvalue weighted by molar-refractivity contribution is -0.121. The van der Waals surface area contributed by atoms with Gasteiger partial charge in [-0.1, -0.05) is 6.42 Å². The standard InChI is InChI=1S/C13H24N2O/c16-13(15-10-12-2-1-3-12)5-4-11-6-8-14-9-7-11/h11-12,14H,1-10H2,(H,15,16). The van der Waals surface area contributed by atoms with Gasteiger partial charge >= 0.3 is 0 Å². The smallest absolute Gasteiger partial charge is 0.220 e. The maximum absolute atomic E-state index is 11.6. The SMILES string of the molecule is O=C(CCC1CCNCC1)NCC1CCC1. The summed E-state index contributed by atoms with van der Waals surface area (Å²) in [6.07, 6.45) is 8.29. The third kappa shape index (κ3) is 3.78. The van der Waals surface area contributed by atoms with Crippen molar-refractivity contribution in [1.82, 2.24) is 10.6 Å². The molecular formula is C13H24N2O. The maximum Gasteiger partial charge on any atom is 0.220 e. The van der Waals surface area contributed by atoms with Crippen LogP contribution in [0.4, 0.5) is 0 Å². The molecule has 0 aromatic heterocycles. The summed E-state index contributed by atoms with van der Waals surface area (Å²) < 4.78 is 0. The van der Waals surface area contributed by atoms with Crippen LogP contribution in [0.25, 0.3) is 0 Å². The van der Waals surface area contributed by atoms with E-state index in [2.05, 4.69) is 10.6 Å². The number of hydrogen-bond acceptors (Lipinski definition) is 2. The quantitative estimate of drug-likeness (QED) is 0.746. The van der Waals surface area contributed by atoms with Gasteiger partial charge < -0.3 is 10.6 Å². The van der Waals surface area contributed by atoms with Crippen LogP contribution in [-0.2, 0) is 4.79 Å². The Bertz CT molecular complexity index is 220. The molecule has 1 aliphatic heterocycles. The van der Waals surface area contributed by atoms with Crippen LogP contribution in [0.2, 0.25) is 0 Å². The monoisotopic (exact) mass is 224 g/mol.